The number of rotatable bonds is 8. The number of unbranched alkanes of at least 4 members (excludes halogenated alkanes) is 2. The predicted molar refractivity (Wildman–Crippen MR) is 80.9 cm³/mol. The Labute approximate surface area is 133 Å². The lowest BCUT2D eigenvalue weighted by atomic mass is 10.1. The Bertz CT molecular complexity index is 606. The summed E-state index contributed by atoms with van der Waals surface area (Å²) in [7, 11) is 0. The summed E-state index contributed by atoms with van der Waals surface area (Å²) in [4.78, 5) is 47.1. The zero-order valence-corrected chi connectivity index (χ0v) is 12.6. The summed E-state index contributed by atoms with van der Waals surface area (Å²) in [6.45, 7) is -0.0586. The third-order valence-electron chi connectivity index (χ3n) is 3.60. The zero-order chi connectivity index (χ0) is 16.8. The van der Waals surface area contributed by atoms with Gasteiger partial charge in [-0.3, -0.25) is 24.1 Å². The first-order valence-electron chi connectivity index (χ1n) is 7.44. The number of benzene rings is 1. The van der Waals surface area contributed by atoms with E-state index in [9.17, 15) is 19.2 Å². The topological polar surface area (TPSA) is 104 Å². The van der Waals surface area contributed by atoms with Gasteiger partial charge in [0.2, 0.25) is 5.91 Å². The molecule has 0 atom stereocenters. The van der Waals surface area contributed by atoms with Crippen LogP contribution in [0, 0.1) is 0 Å². The number of carboxylic acid groups (broad SMARTS) is 1. The molecule has 1 aliphatic heterocycles. The average molecular weight is 318 g/mol. The maximum absolute atomic E-state index is 12.1. The Balaban J connectivity index is 1.70. The molecule has 0 radical (unpaired) electrons. The Morgan fingerprint density at radius 3 is 2.17 bits per heavy atom. The number of carbonyl (C=O) groups excluding carboxylic acids is 3. The van der Waals surface area contributed by atoms with Gasteiger partial charge in [0.25, 0.3) is 11.8 Å². The van der Waals surface area contributed by atoms with Crippen LogP contribution in [0.3, 0.4) is 0 Å². The minimum atomic E-state index is -1.08. The quantitative estimate of drug-likeness (QED) is 0.550. The molecule has 0 saturated carbocycles. The molecule has 1 aromatic rings. The van der Waals surface area contributed by atoms with E-state index in [1.165, 1.54) is 4.90 Å². The molecule has 0 unspecified atom stereocenters. The van der Waals surface area contributed by atoms with Crippen molar-refractivity contribution in [2.24, 2.45) is 0 Å². The summed E-state index contributed by atoms with van der Waals surface area (Å²) in [6.07, 6.45) is 2.09. The number of hydrogen-bond donors (Lipinski definition) is 2. The van der Waals surface area contributed by atoms with E-state index in [1.807, 2.05) is 0 Å². The maximum Gasteiger partial charge on any atom is 0.322 e. The smallest absolute Gasteiger partial charge is 0.322 e. The summed E-state index contributed by atoms with van der Waals surface area (Å²) in [6, 6.07) is 6.73. The average Bonchev–Trinajstić information content (AvgIpc) is 2.77. The fourth-order valence-electron chi connectivity index (χ4n) is 2.44. The number of fused-ring (bicyclic) bond motifs is 1. The molecule has 0 aliphatic carbocycles. The molecule has 122 valence electrons. The van der Waals surface area contributed by atoms with Crippen LogP contribution in [0.25, 0.3) is 0 Å². The van der Waals surface area contributed by atoms with Crippen LogP contribution in [-0.4, -0.2) is 46.8 Å². The van der Waals surface area contributed by atoms with Crippen molar-refractivity contribution in [1.29, 1.82) is 0 Å². The van der Waals surface area contributed by atoms with Crippen molar-refractivity contribution in [2.75, 3.05) is 13.1 Å². The molecule has 0 spiro atoms. The lowest BCUT2D eigenvalue weighted by Crippen LogP contribution is -2.31. The van der Waals surface area contributed by atoms with Crippen molar-refractivity contribution in [1.82, 2.24) is 10.2 Å². The third kappa shape index (κ3) is 4.15. The van der Waals surface area contributed by atoms with Crippen molar-refractivity contribution in [3.05, 3.63) is 35.4 Å². The van der Waals surface area contributed by atoms with Gasteiger partial charge in [0.05, 0.1) is 11.1 Å². The molecule has 0 fully saturated rings. The number of hydrogen-bond acceptors (Lipinski definition) is 4. The van der Waals surface area contributed by atoms with Crippen molar-refractivity contribution < 1.29 is 24.3 Å². The Morgan fingerprint density at radius 2 is 1.61 bits per heavy atom. The van der Waals surface area contributed by atoms with E-state index in [2.05, 4.69) is 5.32 Å². The predicted octanol–water partition coefficient (Wildman–Crippen LogP) is 1.04. The van der Waals surface area contributed by atoms with Gasteiger partial charge in [0.1, 0.15) is 6.54 Å². The van der Waals surface area contributed by atoms with Gasteiger partial charge in [-0.15, -0.1) is 0 Å². The SMILES string of the molecule is O=C(O)CNC(=O)CCCCCN1C(=O)c2ccccc2C1=O. The van der Waals surface area contributed by atoms with Gasteiger partial charge in [-0.2, -0.15) is 0 Å². The number of aliphatic carboxylic acids is 1. The molecule has 7 nitrogen and oxygen atoms in total. The van der Waals surface area contributed by atoms with Crippen LogP contribution in [0.5, 0.6) is 0 Å². The first-order chi connectivity index (χ1) is 11.0. The van der Waals surface area contributed by atoms with E-state index < -0.39 is 5.97 Å². The van der Waals surface area contributed by atoms with Crippen LogP contribution in [0.1, 0.15) is 46.4 Å². The maximum atomic E-state index is 12.1. The van der Waals surface area contributed by atoms with Crippen LogP contribution >= 0.6 is 0 Å². The number of nitrogens with one attached hydrogen (secondary N) is 1. The highest BCUT2D eigenvalue weighted by atomic mass is 16.4. The fourth-order valence-corrected chi connectivity index (χ4v) is 2.44. The third-order valence-corrected chi connectivity index (χ3v) is 3.60. The van der Waals surface area contributed by atoms with Gasteiger partial charge in [-0.1, -0.05) is 18.6 Å². The monoisotopic (exact) mass is 318 g/mol. The standard InChI is InChI=1S/C16H18N2O5/c19-13(17-10-14(20)21)8-2-1-5-9-18-15(22)11-6-3-4-7-12(11)16(18)23/h3-4,6-7H,1-2,5,8-10H2,(H,17,19)(H,20,21). The van der Waals surface area contributed by atoms with Crippen LogP contribution in [0.4, 0.5) is 0 Å². The van der Waals surface area contributed by atoms with Crippen molar-refractivity contribution in [3.63, 3.8) is 0 Å². The summed E-state index contributed by atoms with van der Waals surface area (Å²) in [5, 5.41) is 10.7. The number of amides is 3. The van der Waals surface area contributed by atoms with Gasteiger partial charge in [0, 0.05) is 13.0 Å². The second-order valence-corrected chi connectivity index (χ2v) is 5.29. The highest BCUT2D eigenvalue weighted by Crippen LogP contribution is 2.22. The second-order valence-electron chi connectivity index (χ2n) is 5.29. The van der Waals surface area contributed by atoms with Crippen LogP contribution in [0.2, 0.25) is 0 Å². The lowest BCUT2D eigenvalue weighted by Gasteiger charge is -2.13. The number of imide groups is 1. The largest absolute Gasteiger partial charge is 0.480 e. The molecular weight excluding hydrogens is 300 g/mol. The van der Waals surface area contributed by atoms with E-state index in [-0.39, 0.29) is 30.7 Å². The van der Waals surface area contributed by atoms with Crippen molar-refractivity contribution >= 4 is 23.7 Å². The molecule has 23 heavy (non-hydrogen) atoms. The van der Waals surface area contributed by atoms with Gasteiger partial charge in [-0.05, 0) is 25.0 Å². The first kappa shape index (κ1) is 16.7. The second kappa shape index (κ2) is 7.53. The summed E-state index contributed by atoms with van der Waals surface area (Å²) in [5.41, 5.74) is 0.871. The van der Waals surface area contributed by atoms with Gasteiger partial charge in [0.15, 0.2) is 0 Å². The highest BCUT2D eigenvalue weighted by Gasteiger charge is 2.34. The fraction of sp³-hybridized carbons (Fsp3) is 0.375. The lowest BCUT2D eigenvalue weighted by molar-refractivity contribution is -0.137. The van der Waals surface area contributed by atoms with Gasteiger partial charge < -0.3 is 10.4 Å². The van der Waals surface area contributed by atoms with Crippen LogP contribution < -0.4 is 5.32 Å². The molecule has 7 heteroatoms. The molecular formula is C16H18N2O5. The molecule has 2 N–H and O–H groups in total. The van der Waals surface area contributed by atoms with E-state index >= 15 is 0 Å². The number of nitrogens with zero attached hydrogens (tertiary/aromatic N) is 1. The van der Waals surface area contributed by atoms with Crippen LogP contribution in [0.15, 0.2) is 24.3 Å². The van der Waals surface area contributed by atoms with E-state index in [0.717, 1.165) is 0 Å². The molecule has 0 saturated heterocycles. The molecule has 2 rings (SSSR count). The summed E-state index contributed by atoms with van der Waals surface area (Å²) >= 11 is 0. The molecule has 0 aromatic heterocycles. The Kier molecular flexibility index (Phi) is 5.46. The summed E-state index contributed by atoms with van der Waals surface area (Å²) < 4.78 is 0. The zero-order valence-electron chi connectivity index (χ0n) is 12.6. The molecule has 1 aliphatic rings. The Morgan fingerprint density at radius 1 is 1.00 bits per heavy atom. The van der Waals surface area contributed by atoms with E-state index in [1.54, 1.807) is 24.3 Å². The number of carbonyl (C=O) groups is 4. The van der Waals surface area contributed by atoms with E-state index in [0.29, 0.717) is 36.9 Å². The van der Waals surface area contributed by atoms with Crippen LogP contribution in [-0.2, 0) is 9.59 Å². The molecule has 0 bridgehead atoms. The highest BCUT2D eigenvalue weighted by molar-refractivity contribution is 6.21. The minimum Gasteiger partial charge on any atom is -0.480 e. The molecule has 3 amide bonds. The summed E-state index contributed by atoms with van der Waals surface area (Å²) in [5.74, 6) is -1.94. The first-order valence-corrected chi connectivity index (χ1v) is 7.44. The Hall–Kier alpha value is -2.70. The van der Waals surface area contributed by atoms with Crippen molar-refractivity contribution in [3.8, 4) is 0 Å². The normalized spacial score (nSPS) is 13.1. The van der Waals surface area contributed by atoms with Crippen molar-refractivity contribution in [2.45, 2.75) is 25.7 Å². The van der Waals surface area contributed by atoms with Gasteiger partial charge in [-0.25, -0.2) is 0 Å². The molecule has 1 aromatic carbocycles. The number of carboxylic acids is 1. The molecule has 1 heterocycles. The minimum absolute atomic E-state index is 0.232. The van der Waals surface area contributed by atoms with E-state index in [4.69, 9.17) is 5.11 Å². The van der Waals surface area contributed by atoms with Gasteiger partial charge >= 0.3 is 5.97 Å².